The van der Waals surface area contributed by atoms with Crippen LogP contribution in [0.25, 0.3) is 0 Å². The van der Waals surface area contributed by atoms with Crippen LogP contribution in [0.15, 0.2) is 9.42 Å². The van der Waals surface area contributed by atoms with Gasteiger partial charge in [-0.25, -0.2) is 0 Å². The van der Waals surface area contributed by atoms with E-state index >= 15 is 0 Å². The van der Waals surface area contributed by atoms with E-state index in [9.17, 15) is 14.7 Å². The molecule has 5 aliphatic carbocycles. The van der Waals surface area contributed by atoms with Crippen molar-refractivity contribution in [1.82, 2.24) is 10.5 Å². The Morgan fingerprint density at radius 3 is 2.35 bits per heavy atom. The monoisotopic (exact) mass is 513 g/mol. The van der Waals surface area contributed by atoms with Gasteiger partial charge < -0.3 is 25.4 Å². The van der Waals surface area contributed by atoms with Crippen LogP contribution < -0.4 is 15.8 Å². The number of ether oxygens (including phenoxy) is 1. The second-order valence-corrected chi connectivity index (χ2v) is 12.3. The van der Waals surface area contributed by atoms with E-state index in [2.05, 4.69) is 10.5 Å². The van der Waals surface area contributed by atoms with Crippen molar-refractivity contribution in [3.63, 3.8) is 0 Å². The molecule has 1 unspecified atom stereocenters. The smallest absolute Gasteiger partial charge is 0.326 e. The van der Waals surface area contributed by atoms with Gasteiger partial charge >= 0.3 is 5.97 Å². The molecule has 190 valence electrons. The van der Waals surface area contributed by atoms with Crippen LogP contribution in [0, 0.1) is 23.7 Å². The van der Waals surface area contributed by atoms with Gasteiger partial charge in [0.1, 0.15) is 17.0 Å². The summed E-state index contributed by atoms with van der Waals surface area (Å²) in [5.74, 6) is 1.75. The Bertz CT molecular complexity index is 873. The van der Waals surface area contributed by atoms with E-state index < -0.39 is 11.5 Å². The first-order chi connectivity index (χ1) is 15.8. The van der Waals surface area contributed by atoms with Crippen LogP contribution in [0.5, 0.6) is 5.88 Å². The minimum Gasteiger partial charge on any atom is -0.480 e. The molecule has 4 bridgehead atoms. The number of nitrogens with zero attached hydrogens (tertiary/aromatic N) is 1. The molecule has 0 spiro atoms. The predicted octanol–water partition coefficient (Wildman–Crippen LogP) is 4.26. The molecule has 1 aromatic heterocycles. The molecular formula is C24H36ClN3O5S. The van der Waals surface area contributed by atoms with Crippen LogP contribution in [-0.4, -0.2) is 45.6 Å². The topological polar surface area (TPSA) is 128 Å². The van der Waals surface area contributed by atoms with Crippen LogP contribution in [0.1, 0.15) is 81.7 Å². The van der Waals surface area contributed by atoms with Gasteiger partial charge in [-0.2, -0.15) is 0 Å². The molecule has 0 saturated heterocycles. The van der Waals surface area contributed by atoms with Crippen molar-refractivity contribution in [1.29, 1.82) is 0 Å². The number of nitrogens with one attached hydrogen (secondary N) is 1. The fourth-order valence-corrected chi connectivity index (χ4v) is 7.95. The highest BCUT2D eigenvalue weighted by Crippen LogP contribution is 2.53. The standard InChI is InChI=1S/C24H35N3O5S.ClH/c1-24(25,23(29)30)12-31-22-20(33-17-5-3-2-4-6-17)19(32-27-22)21(28)26-18-15-8-13-7-14(10-15)11-16(18)9-13;/h13-18H,2-12,25H2,1H3,(H,26,28)(H,29,30);1H. The third kappa shape index (κ3) is 5.21. The number of rotatable bonds is 8. The van der Waals surface area contributed by atoms with Crippen molar-refractivity contribution in [2.45, 2.75) is 92.9 Å². The minimum atomic E-state index is -1.56. The fourth-order valence-electron chi connectivity index (χ4n) is 6.61. The summed E-state index contributed by atoms with van der Waals surface area (Å²) in [6.07, 6.45) is 11.9. The number of carbonyl (C=O) groups is 2. The quantitative estimate of drug-likeness (QED) is 0.470. The number of hydrogen-bond donors (Lipinski definition) is 3. The summed E-state index contributed by atoms with van der Waals surface area (Å²) in [5, 5.41) is 17.0. The summed E-state index contributed by atoms with van der Waals surface area (Å²) in [7, 11) is 0. The molecule has 0 aromatic carbocycles. The molecule has 6 rings (SSSR count). The maximum absolute atomic E-state index is 13.4. The molecule has 1 atom stereocenters. The van der Waals surface area contributed by atoms with Crippen molar-refractivity contribution < 1.29 is 24.0 Å². The molecular weight excluding hydrogens is 478 g/mol. The number of halogens is 1. The van der Waals surface area contributed by atoms with E-state index in [0.29, 0.717) is 22.0 Å². The van der Waals surface area contributed by atoms with Crippen LogP contribution in [-0.2, 0) is 4.79 Å². The SMILES string of the molecule is CC(N)(COc1noc(C(=O)NC2C3CC4CC(C3)CC2C4)c1SC1CCCCC1)C(=O)O.Cl. The molecule has 0 radical (unpaired) electrons. The summed E-state index contributed by atoms with van der Waals surface area (Å²) >= 11 is 1.57. The zero-order valence-corrected chi connectivity index (χ0v) is 21.3. The van der Waals surface area contributed by atoms with Crippen LogP contribution >= 0.6 is 24.2 Å². The average Bonchev–Trinajstić information content (AvgIpc) is 3.17. The van der Waals surface area contributed by atoms with E-state index in [1.54, 1.807) is 11.8 Å². The molecule has 10 heteroatoms. The summed E-state index contributed by atoms with van der Waals surface area (Å²) in [5.41, 5.74) is 4.27. The first-order valence-corrected chi connectivity index (χ1v) is 13.3. The maximum atomic E-state index is 13.4. The Kier molecular flexibility index (Phi) is 7.74. The van der Waals surface area contributed by atoms with Gasteiger partial charge in [-0.15, -0.1) is 24.2 Å². The van der Waals surface area contributed by atoms with Gasteiger partial charge in [0, 0.05) is 11.3 Å². The van der Waals surface area contributed by atoms with E-state index in [4.69, 9.17) is 15.0 Å². The number of aliphatic carboxylic acids is 1. The lowest BCUT2D eigenvalue weighted by atomic mass is 9.54. The number of amides is 1. The molecule has 5 saturated carbocycles. The molecule has 1 aromatic rings. The second-order valence-electron chi connectivity index (χ2n) is 11.0. The predicted molar refractivity (Wildman–Crippen MR) is 131 cm³/mol. The zero-order valence-electron chi connectivity index (χ0n) is 19.7. The summed E-state index contributed by atoms with van der Waals surface area (Å²) in [6, 6.07) is 0.201. The Morgan fingerprint density at radius 1 is 1.15 bits per heavy atom. The second kappa shape index (κ2) is 10.3. The van der Waals surface area contributed by atoms with E-state index in [1.165, 1.54) is 45.4 Å². The zero-order chi connectivity index (χ0) is 23.2. The fraction of sp³-hybridized carbons (Fsp3) is 0.792. The molecule has 1 amide bonds. The summed E-state index contributed by atoms with van der Waals surface area (Å²) in [6.45, 7) is 1.13. The summed E-state index contributed by atoms with van der Waals surface area (Å²) < 4.78 is 11.2. The Labute approximate surface area is 210 Å². The van der Waals surface area contributed by atoms with E-state index in [-0.39, 0.29) is 42.6 Å². The molecule has 8 nitrogen and oxygen atoms in total. The number of aromatic nitrogens is 1. The van der Waals surface area contributed by atoms with Crippen molar-refractivity contribution in [3.05, 3.63) is 5.76 Å². The van der Waals surface area contributed by atoms with Crippen LogP contribution in [0.2, 0.25) is 0 Å². The molecule has 5 fully saturated rings. The van der Waals surface area contributed by atoms with Gasteiger partial charge in [0.25, 0.3) is 11.8 Å². The molecule has 5 aliphatic rings. The molecule has 4 N–H and O–H groups in total. The van der Waals surface area contributed by atoms with Gasteiger partial charge in [-0.3, -0.25) is 9.59 Å². The van der Waals surface area contributed by atoms with Gasteiger partial charge in [-0.1, -0.05) is 19.3 Å². The number of hydrogen-bond acceptors (Lipinski definition) is 7. The number of thioether (sulfide) groups is 1. The van der Waals surface area contributed by atoms with Crippen molar-refractivity contribution >= 4 is 36.0 Å². The minimum absolute atomic E-state index is 0. The van der Waals surface area contributed by atoms with Gasteiger partial charge in [0.15, 0.2) is 0 Å². The lowest BCUT2D eigenvalue weighted by Crippen LogP contribution is -2.55. The normalized spacial score (nSPS) is 32.0. The Morgan fingerprint density at radius 2 is 1.76 bits per heavy atom. The lowest BCUT2D eigenvalue weighted by molar-refractivity contribution is -0.143. The number of carboxylic acid groups (broad SMARTS) is 1. The number of carbonyl (C=O) groups excluding carboxylic acids is 1. The van der Waals surface area contributed by atoms with Crippen molar-refractivity contribution in [2.75, 3.05) is 6.61 Å². The highest BCUT2D eigenvalue weighted by Gasteiger charge is 2.49. The third-order valence-corrected chi connectivity index (χ3v) is 9.59. The molecule has 34 heavy (non-hydrogen) atoms. The highest BCUT2D eigenvalue weighted by molar-refractivity contribution is 8.00. The Balaban J connectivity index is 0.00000274. The number of nitrogens with two attached hydrogens (primary N) is 1. The largest absolute Gasteiger partial charge is 0.480 e. The molecule has 1 heterocycles. The Hall–Kier alpha value is -1.45. The van der Waals surface area contributed by atoms with Gasteiger partial charge in [0.05, 0.1) is 0 Å². The average molecular weight is 514 g/mol. The van der Waals surface area contributed by atoms with Gasteiger partial charge in [-0.05, 0) is 80.7 Å². The van der Waals surface area contributed by atoms with E-state index in [1.807, 2.05) is 0 Å². The number of carboxylic acids is 1. The molecule has 0 aliphatic heterocycles. The van der Waals surface area contributed by atoms with Crippen LogP contribution in [0.4, 0.5) is 0 Å². The first kappa shape index (κ1) is 25.6. The van der Waals surface area contributed by atoms with Crippen molar-refractivity contribution in [2.24, 2.45) is 29.4 Å². The van der Waals surface area contributed by atoms with Gasteiger partial charge in [0.2, 0.25) is 5.76 Å². The first-order valence-electron chi connectivity index (χ1n) is 12.4. The lowest BCUT2D eigenvalue weighted by Gasteiger charge is -2.54. The third-order valence-electron chi connectivity index (χ3n) is 8.19. The maximum Gasteiger partial charge on any atom is 0.326 e. The van der Waals surface area contributed by atoms with Crippen LogP contribution in [0.3, 0.4) is 0 Å². The highest BCUT2D eigenvalue weighted by atomic mass is 35.5. The van der Waals surface area contributed by atoms with E-state index in [0.717, 1.165) is 37.5 Å². The van der Waals surface area contributed by atoms with Crippen molar-refractivity contribution in [3.8, 4) is 5.88 Å². The summed E-state index contributed by atoms with van der Waals surface area (Å²) in [4.78, 5) is 25.3.